The molecule has 0 saturated carbocycles. The smallest absolute Gasteiger partial charge is 0.310 e. The van der Waals surface area contributed by atoms with E-state index in [4.69, 9.17) is 4.74 Å². The molecule has 30 heavy (non-hydrogen) atoms. The molecule has 0 bridgehead atoms. The Labute approximate surface area is 174 Å². The minimum atomic E-state index is -0.280. The van der Waals surface area contributed by atoms with Crippen molar-refractivity contribution < 1.29 is 13.9 Å². The second kappa shape index (κ2) is 8.74. The number of halogens is 1. The van der Waals surface area contributed by atoms with E-state index in [2.05, 4.69) is 24.9 Å². The second-order valence-corrected chi connectivity index (χ2v) is 7.34. The fourth-order valence-corrected chi connectivity index (χ4v) is 3.82. The predicted octanol–water partition coefficient (Wildman–Crippen LogP) is 2.00. The van der Waals surface area contributed by atoms with E-state index in [1.165, 1.54) is 18.5 Å². The summed E-state index contributed by atoms with van der Waals surface area (Å²) in [4.78, 5) is 25.5. The van der Waals surface area contributed by atoms with Crippen molar-refractivity contribution in [2.45, 2.75) is 26.8 Å². The summed E-state index contributed by atoms with van der Waals surface area (Å²) < 4.78 is 20.0. The van der Waals surface area contributed by atoms with Crippen LogP contribution in [0.2, 0.25) is 0 Å². The number of fused-ring (bicyclic) bond motifs is 1. The van der Waals surface area contributed by atoms with Gasteiger partial charge in [0, 0.05) is 44.0 Å². The minimum absolute atomic E-state index is 0.146. The van der Waals surface area contributed by atoms with E-state index in [1.807, 2.05) is 19.1 Å². The van der Waals surface area contributed by atoms with Crippen molar-refractivity contribution in [1.29, 1.82) is 0 Å². The van der Waals surface area contributed by atoms with E-state index >= 15 is 0 Å². The summed E-state index contributed by atoms with van der Waals surface area (Å²) in [6.45, 7) is 8.03. The highest BCUT2D eigenvalue weighted by atomic mass is 19.1. The zero-order valence-electron chi connectivity index (χ0n) is 17.2. The van der Waals surface area contributed by atoms with Crippen LogP contribution in [0.4, 0.5) is 10.2 Å². The Balaban J connectivity index is 1.54. The van der Waals surface area contributed by atoms with Gasteiger partial charge in [-0.2, -0.15) is 14.6 Å². The van der Waals surface area contributed by atoms with E-state index in [0.29, 0.717) is 12.4 Å². The fourth-order valence-electron chi connectivity index (χ4n) is 3.82. The summed E-state index contributed by atoms with van der Waals surface area (Å²) in [6, 6.07) is 6.64. The quantitative estimate of drug-likeness (QED) is 0.573. The van der Waals surface area contributed by atoms with E-state index in [1.54, 1.807) is 11.4 Å². The zero-order valence-corrected chi connectivity index (χ0v) is 17.2. The van der Waals surface area contributed by atoms with Crippen molar-refractivity contribution in [3.8, 4) is 0 Å². The van der Waals surface area contributed by atoms with Crippen LogP contribution >= 0.6 is 0 Å². The van der Waals surface area contributed by atoms with Gasteiger partial charge in [-0.1, -0.05) is 12.1 Å². The molecule has 3 aromatic rings. The first-order valence-corrected chi connectivity index (χ1v) is 10.1. The standard InChI is InChI=1S/C21H25FN6O2/c1-3-30-19(29)12-18-15(2)25-21-23-14-24-28(21)20(18)27-10-8-26(9-11-27)13-16-4-6-17(22)7-5-16/h4-7,14H,3,8-13H2,1-2H3. The highest BCUT2D eigenvalue weighted by Crippen LogP contribution is 2.26. The molecule has 1 aromatic carbocycles. The number of aromatic nitrogens is 4. The van der Waals surface area contributed by atoms with Crippen LogP contribution in [0, 0.1) is 12.7 Å². The third kappa shape index (κ3) is 4.25. The number of aryl methyl sites for hydroxylation is 1. The predicted molar refractivity (Wildman–Crippen MR) is 110 cm³/mol. The Morgan fingerprint density at radius 3 is 2.60 bits per heavy atom. The number of esters is 1. The van der Waals surface area contributed by atoms with E-state index < -0.39 is 0 Å². The number of piperazine rings is 1. The van der Waals surface area contributed by atoms with Crippen LogP contribution < -0.4 is 4.90 Å². The maximum Gasteiger partial charge on any atom is 0.310 e. The van der Waals surface area contributed by atoms with Crippen LogP contribution in [0.3, 0.4) is 0 Å². The van der Waals surface area contributed by atoms with Crippen LogP contribution in [0.25, 0.3) is 5.78 Å². The number of benzene rings is 1. The lowest BCUT2D eigenvalue weighted by Crippen LogP contribution is -2.47. The summed E-state index contributed by atoms with van der Waals surface area (Å²) in [7, 11) is 0. The molecule has 1 aliphatic rings. The van der Waals surface area contributed by atoms with Gasteiger partial charge >= 0.3 is 5.97 Å². The lowest BCUT2D eigenvalue weighted by Gasteiger charge is -2.37. The molecule has 1 saturated heterocycles. The van der Waals surface area contributed by atoms with Gasteiger partial charge in [-0.3, -0.25) is 9.69 Å². The van der Waals surface area contributed by atoms with Crippen molar-refractivity contribution >= 4 is 17.6 Å². The topological polar surface area (TPSA) is 75.9 Å². The summed E-state index contributed by atoms with van der Waals surface area (Å²) in [5.41, 5.74) is 2.66. The Morgan fingerprint density at radius 2 is 1.90 bits per heavy atom. The molecule has 0 N–H and O–H groups in total. The molecule has 9 heteroatoms. The largest absolute Gasteiger partial charge is 0.466 e. The SMILES string of the molecule is CCOC(=O)Cc1c(C)nc2ncnn2c1N1CCN(Cc2ccc(F)cc2)CC1. The molecule has 0 amide bonds. The Hall–Kier alpha value is -3.07. The number of hydrogen-bond donors (Lipinski definition) is 0. The number of nitrogens with zero attached hydrogens (tertiary/aromatic N) is 6. The first-order valence-electron chi connectivity index (χ1n) is 10.1. The Kier molecular flexibility index (Phi) is 5.89. The molecule has 0 spiro atoms. The molecule has 0 aliphatic carbocycles. The highest BCUT2D eigenvalue weighted by molar-refractivity contribution is 5.75. The fraction of sp³-hybridized carbons (Fsp3) is 0.429. The second-order valence-electron chi connectivity index (χ2n) is 7.34. The average molecular weight is 412 g/mol. The third-order valence-corrected chi connectivity index (χ3v) is 5.32. The average Bonchev–Trinajstić information content (AvgIpc) is 3.19. The molecular formula is C21H25FN6O2. The van der Waals surface area contributed by atoms with Gasteiger partial charge in [-0.05, 0) is 31.5 Å². The van der Waals surface area contributed by atoms with Crippen molar-refractivity contribution in [3.05, 3.63) is 53.2 Å². The highest BCUT2D eigenvalue weighted by Gasteiger charge is 2.25. The van der Waals surface area contributed by atoms with Crippen LogP contribution in [0.1, 0.15) is 23.7 Å². The molecule has 0 unspecified atom stereocenters. The molecular weight excluding hydrogens is 387 g/mol. The van der Waals surface area contributed by atoms with Gasteiger partial charge in [-0.15, -0.1) is 0 Å². The lowest BCUT2D eigenvalue weighted by atomic mass is 10.1. The van der Waals surface area contributed by atoms with Crippen LogP contribution in [-0.4, -0.2) is 63.2 Å². The number of anilines is 1. The molecule has 8 nitrogen and oxygen atoms in total. The number of carbonyl (C=O) groups is 1. The normalized spacial score (nSPS) is 15.0. The maximum atomic E-state index is 13.1. The molecule has 3 heterocycles. The summed E-state index contributed by atoms with van der Waals surface area (Å²) in [5.74, 6) is 0.869. The maximum absolute atomic E-state index is 13.1. The van der Waals surface area contributed by atoms with Crippen LogP contribution in [-0.2, 0) is 22.5 Å². The van der Waals surface area contributed by atoms with E-state index in [0.717, 1.165) is 55.4 Å². The van der Waals surface area contributed by atoms with Gasteiger partial charge in [0.15, 0.2) is 0 Å². The number of ether oxygens (including phenoxy) is 1. The van der Waals surface area contributed by atoms with Crippen LogP contribution in [0.15, 0.2) is 30.6 Å². The van der Waals surface area contributed by atoms with Crippen LogP contribution in [0.5, 0.6) is 0 Å². The third-order valence-electron chi connectivity index (χ3n) is 5.32. The summed E-state index contributed by atoms with van der Waals surface area (Å²) in [5, 5.41) is 4.34. The van der Waals surface area contributed by atoms with Gasteiger partial charge in [0.25, 0.3) is 5.78 Å². The number of rotatable bonds is 6. The first kappa shape index (κ1) is 20.2. The zero-order chi connectivity index (χ0) is 21.1. The van der Waals surface area contributed by atoms with Crippen molar-refractivity contribution in [1.82, 2.24) is 24.5 Å². The Bertz CT molecular complexity index is 1030. The monoisotopic (exact) mass is 412 g/mol. The van der Waals surface area contributed by atoms with Crippen molar-refractivity contribution in [3.63, 3.8) is 0 Å². The molecule has 1 aliphatic heterocycles. The molecule has 158 valence electrons. The molecule has 2 aromatic heterocycles. The lowest BCUT2D eigenvalue weighted by molar-refractivity contribution is -0.142. The van der Waals surface area contributed by atoms with Crippen molar-refractivity contribution in [2.75, 3.05) is 37.7 Å². The molecule has 0 radical (unpaired) electrons. The summed E-state index contributed by atoms with van der Waals surface area (Å²) in [6.07, 6.45) is 1.62. The van der Waals surface area contributed by atoms with E-state index in [9.17, 15) is 9.18 Å². The van der Waals surface area contributed by atoms with E-state index in [-0.39, 0.29) is 18.2 Å². The van der Waals surface area contributed by atoms with Gasteiger partial charge in [0.1, 0.15) is 18.0 Å². The van der Waals surface area contributed by atoms with Gasteiger partial charge in [0.05, 0.1) is 13.0 Å². The van der Waals surface area contributed by atoms with Gasteiger partial charge < -0.3 is 9.64 Å². The summed E-state index contributed by atoms with van der Waals surface area (Å²) >= 11 is 0. The molecule has 0 atom stereocenters. The molecule has 1 fully saturated rings. The van der Waals surface area contributed by atoms with Crippen molar-refractivity contribution in [2.24, 2.45) is 0 Å². The number of carbonyl (C=O) groups excluding carboxylic acids is 1. The number of hydrogen-bond acceptors (Lipinski definition) is 7. The minimum Gasteiger partial charge on any atom is -0.466 e. The van der Waals surface area contributed by atoms with Gasteiger partial charge in [-0.25, -0.2) is 9.37 Å². The first-order chi connectivity index (χ1) is 14.5. The van der Waals surface area contributed by atoms with Gasteiger partial charge in [0.2, 0.25) is 0 Å². The molecule has 4 rings (SSSR count). The Morgan fingerprint density at radius 1 is 1.17 bits per heavy atom.